The fourth-order valence-electron chi connectivity index (χ4n) is 1.42. The van der Waals surface area contributed by atoms with Crippen LogP contribution in [0.3, 0.4) is 0 Å². The molecule has 0 aromatic heterocycles. The van der Waals surface area contributed by atoms with Gasteiger partial charge in [0.1, 0.15) is 5.60 Å². The maximum atomic E-state index is 11.4. The van der Waals surface area contributed by atoms with E-state index in [1.165, 1.54) is 0 Å². The number of carbonyl (C=O) groups is 2. The summed E-state index contributed by atoms with van der Waals surface area (Å²) in [7, 11) is 0. The van der Waals surface area contributed by atoms with Crippen molar-refractivity contribution in [1.82, 2.24) is 0 Å². The van der Waals surface area contributed by atoms with Crippen molar-refractivity contribution < 1.29 is 19.4 Å². The van der Waals surface area contributed by atoms with E-state index < -0.39 is 11.6 Å². The number of hydrogen-bond acceptors (Lipinski definition) is 4. The lowest BCUT2D eigenvalue weighted by Crippen LogP contribution is -2.24. The van der Waals surface area contributed by atoms with Gasteiger partial charge in [0, 0.05) is 6.42 Å². The summed E-state index contributed by atoms with van der Waals surface area (Å²) in [6, 6.07) is 0. The average Bonchev–Trinajstić information content (AvgIpc) is 2.32. The van der Waals surface area contributed by atoms with E-state index in [-0.39, 0.29) is 18.0 Å². The summed E-state index contributed by atoms with van der Waals surface area (Å²) in [5.74, 6) is -0.937. The molecule has 0 saturated carbocycles. The fourth-order valence-corrected chi connectivity index (χ4v) is 1.42. The monoisotopic (exact) mass is 212 g/mol. The molecule has 4 nitrogen and oxygen atoms in total. The van der Waals surface area contributed by atoms with Crippen LogP contribution in [0.2, 0.25) is 0 Å². The highest BCUT2D eigenvalue weighted by Gasteiger charge is 2.25. The SMILES string of the molecule is CC(C)(C)OC(=O)CC1=C(O)C(=O)CC1. The van der Waals surface area contributed by atoms with Gasteiger partial charge in [0.25, 0.3) is 0 Å². The molecule has 4 heteroatoms. The lowest BCUT2D eigenvalue weighted by molar-refractivity contribution is -0.153. The van der Waals surface area contributed by atoms with Gasteiger partial charge in [-0.1, -0.05) is 0 Å². The quantitative estimate of drug-likeness (QED) is 0.710. The Kier molecular flexibility index (Phi) is 3.17. The van der Waals surface area contributed by atoms with Gasteiger partial charge in [-0.15, -0.1) is 0 Å². The Morgan fingerprint density at radius 1 is 1.40 bits per heavy atom. The third-order valence-electron chi connectivity index (χ3n) is 2.03. The van der Waals surface area contributed by atoms with Gasteiger partial charge < -0.3 is 9.84 Å². The summed E-state index contributed by atoms with van der Waals surface area (Å²) >= 11 is 0. The number of rotatable bonds is 2. The molecule has 0 fully saturated rings. The summed E-state index contributed by atoms with van der Waals surface area (Å²) in [6.45, 7) is 5.33. The van der Waals surface area contributed by atoms with Crippen molar-refractivity contribution in [3.8, 4) is 0 Å². The Balaban J connectivity index is 2.57. The van der Waals surface area contributed by atoms with E-state index in [0.29, 0.717) is 18.4 Å². The van der Waals surface area contributed by atoms with Crippen LogP contribution in [0.15, 0.2) is 11.3 Å². The van der Waals surface area contributed by atoms with Crippen molar-refractivity contribution in [2.75, 3.05) is 0 Å². The Labute approximate surface area is 88.9 Å². The zero-order valence-corrected chi connectivity index (χ0v) is 9.29. The minimum absolute atomic E-state index is 0.00877. The molecule has 0 atom stereocenters. The topological polar surface area (TPSA) is 63.6 Å². The summed E-state index contributed by atoms with van der Waals surface area (Å²) in [5.41, 5.74) is -0.0372. The van der Waals surface area contributed by atoms with E-state index in [0.717, 1.165) is 0 Å². The second-order valence-electron chi connectivity index (χ2n) is 4.64. The predicted molar refractivity (Wildman–Crippen MR) is 54.4 cm³/mol. The van der Waals surface area contributed by atoms with Gasteiger partial charge in [-0.05, 0) is 32.8 Å². The number of Topliss-reactive ketones (excluding diaryl/α,β-unsaturated/α-hetero) is 1. The fraction of sp³-hybridized carbons (Fsp3) is 0.636. The molecule has 1 aliphatic carbocycles. The molecule has 0 saturated heterocycles. The van der Waals surface area contributed by atoms with Gasteiger partial charge in [-0.2, -0.15) is 0 Å². The van der Waals surface area contributed by atoms with Crippen LogP contribution >= 0.6 is 0 Å². The van der Waals surface area contributed by atoms with Crippen LogP contribution in [-0.2, 0) is 14.3 Å². The number of esters is 1. The molecule has 84 valence electrons. The molecule has 1 rings (SSSR count). The molecule has 0 unspecified atom stereocenters. The molecular weight excluding hydrogens is 196 g/mol. The Hall–Kier alpha value is -1.32. The van der Waals surface area contributed by atoms with Crippen LogP contribution in [0.4, 0.5) is 0 Å². The number of carbonyl (C=O) groups excluding carboxylic acids is 2. The Morgan fingerprint density at radius 3 is 2.40 bits per heavy atom. The smallest absolute Gasteiger partial charge is 0.310 e. The Bertz CT molecular complexity index is 320. The normalized spacial score (nSPS) is 17.1. The minimum Gasteiger partial charge on any atom is -0.504 e. The van der Waals surface area contributed by atoms with Crippen molar-refractivity contribution in [3.63, 3.8) is 0 Å². The highest BCUT2D eigenvalue weighted by Crippen LogP contribution is 2.24. The molecule has 0 heterocycles. The van der Waals surface area contributed by atoms with Gasteiger partial charge in [0.15, 0.2) is 11.5 Å². The van der Waals surface area contributed by atoms with Gasteiger partial charge >= 0.3 is 5.97 Å². The summed E-state index contributed by atoms with van der Waals surface area (Å²) in [6.07, 6.45) is 0.767. The largest absolute Gasteiger partial charge is 0.504 e. The first-order chi connectivity index (χ1) is 6.79. The minimum atomic E-state index is -0.532. The summed E-state index contributed by atoms with van der Waals surface area (Å²) in [5, 5.41) is 9.33. The second kappa shape index (κ2) is 4.04. The molecule has 0 radical (unpaired) electrons. The third kappa shape index (κ3) is 3.38. The number of ketones is 1. The lowest BCUT2D eigenvalue weighted by Gasteiger charge is -2.19. The standard InChI is InChI=1S/C11H16O4/c1-11(2,3)15-9(13)6-7-4-5-8(12)10(7)14/h14H,4-6H2,1-3H3. The van der Waals surface area contributed by atoms with E-state index in [9.17, 15) is 14.7 Å². The molecule has 0 amide bonds. The molecule has 1 N–H and O–H groups in total. The maximum absolute atomic E-state index is 11.4. The van der Waals surface area contributed by atoms with E-state index in [1.54, 1.807) is 20.8 Å². The first-order valence-electron chi connectivity index (χ1n) is 4.95. The van der Waals surface area contributed by atoms with Crippen molar-refractivity contribution in [2.24, 2.45) is 0 Å². The zero-order valence-electron chi connectivity index (χ0n) is 9.29. The van der Waals surface area contributed by atoms with Crippen LogP contribution < -0.4 is 0 Å². The van der Waals surface area contributed by atoms with E-state index in [2.05, 4.69) is 0 Å². The van der Waals surface area contributed by atoms with Crippen LogP contribution in [0.25, 0.3) is 0 Å². The maximum Gasteiger partial charge on any atom is 0.310 e. The van der Waals surface area contributed by atoms with Crippen molar-refractivity contribution in [2.45, 2.75) is 45.6 Å². The van der Waals surface area contributed by atoms with Crippen molar-refractivity contribution >= 4 is 11.8 Å². The summed E-state index contributed by atoms with van der Waals surface area (Å²) < 4.78 is 5.09. The molecule has 0 aromatic carbocycles. The molecule has 0 aliphatic heterocycles. The zero-order chi connectivity index (χ0) is 11.6. The van der Waals surface area contributed by atoms with Gasteiger partial charge in [0.05, 0.1) is 6.42 Å². The van der Waals surface area contributed by atoms with E-state index in [4.69, 9.17) is 4.74 Å². The van der Waals surface area contributed by atoms with Crippen molar-refractivity contribution in [1.29, 1.82) is 0 Å². The molecule has 0 bridgehead atoms. The number of ether oxygens (including phenoxy) is 1. The molecule has 1 aliphatic rings. The van der Waals surface area contributed by atoms with E-state index in [1.807, 2.05) is 0 Å². The van der Waals surface area contributed by atoms with Crippen LogP contribution in [0, 0.1) is 0 Å². The molecule has 0 spiro atoms. The number of aliphatic hydroxyl groups is 1. The van der Waals surface area contributed by atoms with Gasteiger partial charge in [-0.3, -0.25) is 9.59 Å². The van der Waals surface area contributed by atoms with Gasteiger partial charge in [-0.25, -0.2) is 0 Å². The van der Waals surface area contributed by atoms with Crippen LogP contribution in [0.5, 0.6) is 0 Å². The number of aliphatic hydroxyl groups excluding tert-OH is 1. The van der Waals surface area contributed by atoms with E-state index >= 15 is 0 Å². The number of hydrogen-bond donors (Lipinski definition) is 1. The molecular formula is C11H16O4. The average molecular weight is 212 g/mol. The lowest BCUT2D eigenvalue weighted by atomic mass is 10.1. The van der Waals surface area contributed by atoms with Crippen LogP contribution in [-0.4, -0.2) is 22.5 Å². The molecule has 0 aromatic rings. The first kappa shape index (κ1) is 11.8. The Morgan fingerprint density at radius 2 is 2.00 bits per heavy atom. The molecule has 15 heavy (non-hydrogen) atoms. The highest BCUT2D eigenvalue weighted by molar-refractivity contribution is 5.97. The number of allylic oxidation sites excluding steroid dienone is 1. The summed E-state index contributed by atoms with van der Waals surface area (Å²) in [4.78, 5) is 22.4. The van der Waals surface area contributed by atoms with Crippen LogP contribution in [0.1, 0.15) is 40.0 Å². The third-order valence-corrected chi connectivity index (χ3v) is 2.03. The van der Waals surface area contributed by atoms with Crippen molar-refractivity contribution in [3.05, 3.63) is 11.3 Å². The predicted octanol–water partition coefficient (Wildman–Crippen LogP) is 1.89. The highest BCUT2D eigenvalue weighted by atomic mass is 16.6. The second-order valence-corrected chi connectivity index (χ2v) is 4.64. The first-order valence-corrected chi connectivity index (χ1v) is 4.95. The van der Waals surface area contributed by atoms with Gasteiger partial charge in [0.2, 0.25) is 0 Å².